The molecular weight excluding hydrogens is 518 g/mol. The largest absolute Gasteiger partial charge is 0.481 e. The van der Waals surface area contributed by atoms with Gasteiger partial charge in [-0.15, -0.1) is 12.8 Å². The highest BCUT2D eigenvalue weighted by atomic mass is 32.2. The molecule has 0 bridgehead atoms. The maximum atomic E-state index is 12.9. The van der Waals surface area contributed by atoms with Crippen molar-refractivity contribution >= 4 is 38.8 Å². The van der Waals surface area contributed by atoms with Crippen molar-refractivity contribution < 1.29 is 27.5 Å². The van der Waals surface area contributed by atoms with Crippen molar-refractivity contribution in [2.24, 2.45) is 0 Å². The van der Waals surface area contributed by atoms with Crippen LogP contribution in [0.4, 0.5) is 5.82 Å². The summed E-state index contributed by atoms with van der Waals surface area (Å²) >= 11 is 0. The van der Waals surface area contributed by atoms with Crippen molar-refractivity contribution in [2.75, 3.05) is 24.2 Å². The number of unbranched alkanes of at least 4 members (excludes halogenated alkanes) is 1. The molecule has 0 unspecified atom stereocenters. The minimum absolute atomic E-state index is 0.0313. The molecule has 39 heavy (non-hydrogen) atoms. The number of aliphatic carboxylic acids is 1. The lowest BCUT2D eigenvalue weighted by Crippen LogP contribution is -2.32. The van der Waals surface area contributed by atoms with E-state index in [1.54, 1.807) is 7.05 Å². The van der Waals surface area contributed by atoms with E-state index in [4.69, 9.17) is 9.52 Å². The van der Waals surface area contributed by atoms with Crippen molar-refractivity contribution in [3.05, 3.63) is 46.3 Å². The monoisotopic (exact) mass is 557 g/mol. The molecule has 2 aromatic rings. The Hall–Kier alpha value is -3.58. The van der Waals surface area contributed by atoms with Crippen LogP contribution in [0.1, 0.15) is 86.9 Å². The third-order valence-electron chi connectivity index (χ3n) is 6.52. The van der Waals surface area contributed by atoms with Crippen LogP contribution in [-0.2, 0) is 21.2 Å². The topological polar surface area (TPSA) is 130 Å². The number of furan rings is 1. The normalized spacial score (nSPS) is 14.0. The van der Waals surface area contributed by atoms with Gasteiger partial charge >= 0.3 is 5.97 Å². The van der Waals surface area contributed by atoms with Gasteiger partial charge in [0.25, 0.3) is 5.91 Å². The van der Waals surface area contributed by atoms with Gasteiger partial charge in [-0.1, -0.05) is 30.2 Å². The summed E-state index contributed by atoms with van der Waals surface area (Å²) in [6.45, 7) is 6.23. The summed E-state index contributed by atoms with van der Waals surface area (Å²) in [4.78, 5) is 28.5. The number of hydrogen-bond acceptors (Lipinski definition) is 6. The van der Waals surface area contributed by atoms with E-state index in [-0.39, 0.29) is 30.5 Å². The third-order valence-corrected chi connectivity index (χ3v) is 7.68. The fraction of sp³-hybridized carbons (Fsp3) is 0.483. The van der Waals surface area contributed by atoms with Crippen molar-refractivity contribution in [3.8, 4) is 12.8 Å². The second kappa shape index (κ2) is 14.0. The zero-order valence-corrected chi connectivity index (χ0v) is 24.2. The number of pyridine rings is 1. The highest BCUT2D eigenvalue weighted by Crippen LogP contribution is 2.46. The summed E-state index contributed by atoms with van der Waals surface area (Å²) in [6, 6.07) is 1.85. The van der Waals surface area contributed by atoms with Crippen LogP contribution in [0.5, 0.6) is 0 Å². The Labute approximate surface area is 231 Å². The molecule has 1 saturated carbocycles. The molecule has 10 heteroatoms. The second-order valence-electron chi connectivity index (χ2n) is 9.75. The highest BCUT2D eigenvalue weighted by molar-refractivity contribution is 7.92. The van der Waals surface area contributed by atoms with E-state index in [0.29, 0.717) is 41.8 Å². The SMILES string of the molecule is C#C.CC/C(C)=C/C=C(\C)Cc1oc2nc(N(CCCCC(=O)O)S(C)(=O)=O)c(C3CC3)cc2c1C(=O)NC. The summed E-state index contributed by atoms with van der Waals surface area (Å²) in [6.07, 6.45) is 17.0. The summed E-state index contributed by atoms with van der Waals surface area (Å²) in [7, 11) is -2.13. The summed E-state index contributed by atoms with van der Waals surface area (Å²) in [5.41, 5.74) is 3.63. The molecule has 2 aromatic heterocycles. The predicted octanol–water partition coefficient (Wildman–Crippen LogP) is 5.18. The van der Waals surface area contributed by atoms with Gasteiger partial charge in [-0.2, -0.15) is 4.98 Å². The molecule has 1 aliphatic carbocycles. The first kappa shape index (κ1) is 31.6. The number of rotatable bonds is 13. The number of aromatic nitrogens is 1. The second-order valence-corrected chi connectivity index (χ2v) is 11.7. The molecule has 1 aliphatic rings. The van der Waals surface area contributed by atoms with Gasteiger partial charge in [0.15, 0.2) is 0 Å². The van der Waals surface area contributed by atoms with Crippen LogP contribution in [0.2, 0.25) is 0 Å². The molecule has 3 rings (SSSR count). The number of amides is 1. The smallest absolute Gasteiger partial charge is 0.303 e. The molecule has 1 fully saturated rings. The lowest BCUT2D eigenvalue weighted by atomic mass is 10.0. The molecule has 2 N–H and O–H groups in total. The Morgan fingerprint density at radius 1 is 1.21 bits per heavy atom. The molecule has 2 heterocycles. The zero-order valence-electron chi connectivity index (χ0n) is 23.4. The average molecular weight is 558 g/mol. The standard InChI is InChI=1S/C27H37N3O6S.C2H2/c1-6-17(2)10-11-18(3)15-22-24(26(33)28-4)21-16-20(19-12-13-19)25(29-27(21)36-22)30(37(5,34)35)14-8-7-9-23(31)32;1-2/h10-11,16,19H,6-9,12-15H2,1-5H3,(H,28,33)(H,31,32);1-2H/b17-10+,18-11+;. The van der Waals surface area contributed by atoms with Gasteiger partial charge in [-0.3, -0.25) is 13.9 Å². The molecule has 0 aromatic carbocycles. The van der Waals surface area contributed by atoms with Crippen LogP contribution in [-0.4, -0.2) is 50.2 Å². The summed E-state index contributed by atoms with van der Waals surface area (Å²) in [5.74, 6) is -0.282. The van der Waals surface area contributed by atoms with Gasteiger partial charge in [-0.25, -0.2) is 8.42 Å². The molecule has 212 valence electrons. The van der Waals surface area contributed by atoms with Crippen LogP contribution < -0.4 is 9.62 Å². The number of fused-ring (bicyclic) bond motifs is 1. The van der Waals surface area contributed by atoms with E-state index < -0.39 is 16.0 Å². The first-order valence-corrected chi connectivity index (χ1v) is 14.8. The fourth-order valence-electron chi connectivity index (χ4n) is 4.15. The van der Waals surface area contributed by atoms with Crippen LogP contribution in [0.15, 0.2) is 33.8 Å². The fourth-order valence-corrected chi connectivity index (χ4v) is 5.07. The maximum Gasteiger partial charge on any atom is 0.303 e. The predicted molar refractivity (Wildman–Crippen MR) is 154 cm³/mol. The number of nitrogens with zero attached hydrogens (tertiary/aromatic N) is 2. The Morgan fingerprint density at radius 2 is 1.85 bits per heavy atom. The van der Waals surface area contributed by atoms with Crippen LogP contribution in [0.25, 0.3) is 11.1 Å². The highest BCUT2D eigenvalue weighted by Gasteiger charge is 2.34. The number of allylic oxidation sites excluding steroid dienone is 4. The number of hydrogen-bond donors (Lipinski definition) is 2. The number of carbonyl (C=O) groups excluding carboxylic acids is 1. The molecule has 0 atom stereocenters. The number of terminal acetylenes is 1. The molecule has 0 spiro atoms. The van der Waals surface area contributed by atoms with Crippen molar-refractivity contribution in [1.29, 1.82) is 0 Å². The quantitative estimate of drug-likeness (QED) is 0.197. The van der Waals surface area contributed by atoms with Crippen LogP contribution in [0, 0.1) is 12.8 Å². The van der Waals surface area contributed by atoms with E-state index in [2.05, 4.69) is 37.0 Å². The molecule has 9 nitrogen and oxygen atoms in total. The number of nitrogens with one attached hydrogen (secondary N) is 1. The number of sulfonamides is 1. The lowest BCUT2D eigenvalue weighted by molar-refractivity contribution is -0.137. The molecule has 0 aliphatic heterocycles. The first-order valence-electron chi connectivity index (χ1n) is 13.0. The molecule has 0 radical (unpaired) electrons. The number of carboxylic acids is 1. The van der Waals surface area contributed by atoms with Crippen molar-refractivity contribution in [1.82, 2.24) is 10.3 Å². The van der Waals surface area contributed by atoms with Gasteiger partial charge in [0.1, 0.15) is 11.6 Å². The Bertz CT molecular complexity index is 1380. The minimum atomic E-state index is -3.69. The maximum absolute atomic E-state index is 12.9. The van der Waals surface area contributed by atoms with Gasteiger partial charge < -0.3 is 14.8 Å². The van der Waals surface area contributed by atoms with E-state index in [1.807, 2.05) is 25.1 Å². The van der Waals surface area contributed by atoms with Crippen LogP contribution in [0.3, 0.4) is 0 Å². The Kier molecular flexibility index (Phi) is 11.3. The molecule has 0 saturated heterocycles. The van der Waals surface area contributed by atoms with E-state index in [0.717, 1.165) is 36.7 Å². The number of carbonyl (C=O) groups is 2. The van der Waals surface area contributed by atoms with Crippen LogP contribution >= 0.6 is 0 Å². The van der Waals surface area contributed by atoms with E-state index in [1.165, 1.54) is 9.88 Å². The Balaban J connectivity index is 0.00000260. The van der Waals surface area contributed by atoms with E-state index >= 15 is 0 Å². The minimum Gasteiger partial charge on any atom is -0.481 e. The zero-order chi connectivity index (χ0) is 29.3. The molecule has 1 amide bonds. The van der Waals surface area contributed by atoms with Gasteiger partial charge in [0.05, 0.1) is 17.2 Å². The van der Waals surface area contributed by atoms with Gasteiger partial charge in [0, 0.05) is 26.4 Å². The summed E-state index contributed by atoms with van der Waals surface area (Å²) in [5, 5.41) is 12.2. The molecular formula is C29H39N3O6S. The number of carboxylic acid groups (broad SMARTS) is 1. The van der Waals surface area contributed by atoms with Gasteiger partial charge in [0.2, 0.25) is 15.7 Å². The van der Waals surface area contributed by atoms with Crippen molar-refractivity contribution in [3.63, 3.8) is 0 Å². The van der Waals surface area contributed by atoms with Gasteiger partial charge in [-0.05, 0) is 63.5 Å². The van der Waals surface area contributed by atoms with Crippen molar-refractivity contribution in [2.45, 2.75) is 71.6 Å². The third kappa shape index (κ3) is 8.45. The lowest BCUT2D eigenvalue weighted by Gasteiger charge is -2.23. The first-order chi connectivity index (χ1) is 18.5. The number of anilines is 1. The average Bonchev–Trinajstić information content (AvgIpc) is 3.68. The van der Waals surface area contributed by atoms with E-state index in [9.17, 15) is 18.0 Å². The summed E-state index contributed by atoms with van der Waals surface area (Å²) < 4.78 is 32.9. The Morgan fingerprint density at radius 3 is 2.38 bits per heavy atom.